The Balaban J connectivity index is 1.91. The van der Waals surface area contributed by atoms with Gasteiger partial charge in [-0.3, -0.25) is 9.59 Å². The molecular weight excluding hydrogens is 373 g/mol. The van der Waals surface area contributed by atoms with E-state index in [2.05, 4.69) is 11.9 Å². The van der Waals surface area contributed by atoms with Crippen LogP contribution < -0.4 is 10.1 Å². The van der Waals surface area contributed by atoms with Gasteiger partial charge in [0.1, 0.15) is 11.6 Å². The quantitative estimate of drug-likeness (QED) is 0.695. The van der Waals surface area contributed by atoms with Crippen molar-refractivity contribution in [2.24, 2.45) is 11.8 Å². The molecule has 5 nitrogen and oxygen atoms in total. The number of carbonyl (C=O) groups is 2. The van der Waals surface area contributed by atoms with Crippen LogP contribution in [0.2, 0.25) is 0 Å². The number of fused-ring (bicyclic) bond motifs is 1. The largest absolute Gasteiger partial charge is 0.494 e. The number of ether oxygens (including phenoxy) is 2. The number of amides is 1. The van der Waals surface area contributed by atoms with Gasteiger partial charge in [-0.2, -0.15) is 0 Å². The topological polar surface area (TPSA) is 64.6 Å². The first-order chi connectivity index (χ1) is 13.8. The molecule has 6 heteroatoms. The van der Waals surface area contributed by atoms with E-state index in [1.807, 2.05) is 6.92 Å². The molecule has 0 spiro atoms. The van der Waals surface area contributed by atoms with Crippen LogP contribution in [0, 0.1) is 17.7 Å². The van der Waals surface area contributed by atoms with Crippen LogP contribution in [0.15, 0.2) is 36.4 Å². The van der Waals surface area contributed by atoms with Gasteiger partial charge in [0.2, 0.25) is 5.91 Å². The number of anilines is 1. The number of rotatable bonds is 7. The average molecular weight is 401 g/mol. The number of methoxy groups -OCH3 is 1. The van der Waals surface area contributed by atoms with Crippen molar-refractivity contribution in [2.45, 2.75) is 45.1 Å². The number of halogens is 1. The molecule has 1 unspecified atom stereocenters. The van der Waals surface area contributed by atoms with Crippen LogP contribution in [-0.2, 0) is 20.7 Å². The second kappa shape index (κ2) is 8.49. The van der Waals surface area contributed by atoms with Gasteiger partial charge in [-0.15, -0.1) is 6.58 Å². The summed E-state index contributed by atoms with van der Waals surface area (Å²) in [7, 11) is 1.43. The van der Waals surface area contributed by atoms with Crippen LogP contribution in [0.5, 0.6) is 5.75 Å². The first-order valence-corrected chi connectivity index (χ1v) is 9.94. The van der Waals surface area contributed by atoms with Crippen LogP contribution in [0.25, 0.3) is 0 Å². The van der Waals surface area contributed by atoms with Gasteiger partial charge in [-0.25, -0.2) is 4.39 Å². The van der Waals surface area contributed by atoms with Gasteiger partial charge < -0.3 is 14.8 Å². The minimum absolute atomic E-state index is 0.0512. The molecule has 29 heavy (non-hydrogen) atoms. The summed E-state index contributed by atoms with van der Waals surface area (Å²) in [5.41, 5.74) is 1.35. The van der Waals surface area contributed by atoms with E-state index in [1.165, 1.54) is 20.1 Å². The minimum atomic E-state index is -0.567. The second-order valence-corrected chi connectivity index (χ2v) is 7.92. The van der Waals surface area contributed by atoms with E-state index < -0.39 is 11.4 Å². The van der Waals surface area contributed by atoms with E-state index >= 15 is 0 Å². The molecule has 1 aromatic rings. The van der Waals surface area contributed by atoms with Crippen molar-refractivity contribution in [3.05, 3.63) is 47.8 Å². The van der Waals surface area contributed by atoms with E-state index in [0.717, 1.165) is 12.0 Å². The second-order valence-electron chi connectivity index (χ2n) is 7.92. The van der Waals surface area contributed by atoms with Crippen molar-refractivity contribution in [1.82, 2.24) is 0 Å². The zero-order valence-electron chi connectivity index (χ0n) is 17.2. The Morgan fingerprint density at radius 1 is 1.52 bits per heavy atom. The highest BCUT2D eigenvalue weighted by molar-refractivity contribution is 5.94. The summed E-state index contributed by atoms with van der Waals surface area (Å²) in [6.07, 6.45) is 5.81. The zero-order chi connectivity index (χ0) is 21.2. The molecule has 3 rings (SSSR count). The third-order valence-corrected chi connectivity index (χ3v) is 6.00. The summed E-state index contributed by atoms with van der Waals surface area (Å²) in [4.78, 5) is 23.9. The van der Waals surface area contributed by atoms with Gasteiger partial charge in [0.05, 0.1) is 25.0 Å². The molecule has 1 fully saturated rings. The molecule has 0 bridgehead atoms. The molecule has 2 aliphatic rings. The number of carbonyl (C=O) groups excluding carboxylic acids is 2. The van der Waals surface area contributed by atoms with Crippen LogP contribution >= 0.6 is 0 Å². The SMILES string of the molecule is C=CC[C@H]1C[C@]2(C(C)Cc3cc(NC(C)=O)c(OC)cc3F)OCCC2=CC1=O. The van der Waals surface area contributed by atoms with Crippen LogP contribution in [-0.4, -0.2) is 31.0 Å². The summed E-state index contributed by atoms with van der Waals surface area (Å²) >= 11 is 0. The van der Waals surface area contributed by atoms with Gasteiger partial charge in [0.25, 0.3) is 0 Å². The van der Waals surface area contributed by atoms with E-state index in [-0.39, 0.29) is 29.3 Å². The fourth-order valence-corrected chi connectivity index (χ4v) is 4.56. The van der Waals surface area contributed by atoms with Gasteiger partial charge in [-0.05, 0) is 54.9 Å². The molecule has 156 valence electrons. The molecule has 1 N–H and O–H groups in total. The van der Waals surface area contributed by atoms with E-state index in [4.69, 9.17) is 9.47 Å². The lowest BCUT2D eigenvalue weighted by atomic mass is 9.68. The standard InChI is InChI=1S/C23H28FNO4/c1-5-6-16-13-23(18(7-8-29-23)11-21(16)27)14(2)9-17-10-20(25-15(3)26)22(28-4)12-19(17)24/h5,10-12,14,16H,1,6-9,13H2,2-4H3,(H,25,26)/t14?,16-,23+/m0/s1. The number of hydrogen-bond donors (Lipinski definition) is 1. The molecule has 1 aliphatic heterocycles. The van der Waals surface area contributed by atoms with E-state index in [9.17, 15) is 14.0 Å². The average Bonchev–Trinajstić information content (AvgIpc) is 3.08. The maximum Gasteiger partial charge on any atom is 0.221 e. The summed E-state index contributed by atoms with van der Waals surface area (Å²) in [5, 5.41) is 2.69. The molecule has 0 saturated carbocycles. The smallest absolute Gasteiger partial charge is 0.221 e. The highest BCUT2D eigenvalue weighted by Crippen LogP contribution is 2.47. The molecule has 1 aliphatic carbocycles. The van der Waals surface area contributed by atoms with Gasteiger partial charge in [0, 0.05) is 18.9 Å². The maximum absolute atomic E-state index is 14.8. The van der Waals surface area contributed by atoms with Crippen LogP contribution in [0.3, 0.4) is 0 Å². The Morgan fingerprint density at radius 2 is 2.28 bits per heavy atom. The van der Waals surface area contributed by atoms with Gasteiger partial charge >= 0.3 is 0 Å². The predicted molar refractivity (Wildman–Crippen MR) is 109 cm³/mol. The lowest BCUT2D eigenvalue weighted by Crippen LogP contribution is -2.44. The molecule has 0 aromatic heterocycles. The summed E-state index contributed by atoms with van der Waals surface area (Å²) < 4.78 is 26.2. The lowest BCUT2D eigenvalue weighted by Gasteiger charge is -2.41. The van der Waals surface area contributed by atoms with Crippen molar-refractivity contribution in [2.75, 3.05) is 19.0 Å². The van der Waals surface area contributed by atoms with Crippen molar-refractivity contribution < 1.29 is 23.5 Å². The molecule has 3 atom stereocenters. The van der Waals surface area contributed by atoms with Gasteiger partial charge in [-0.1, -0.05) is 13.0 Å². The minimum Gasteiger partial charge on any atom is -0.494 e. The predicted octanol–water partition coefficient (Wildman–Crippen LogP) is 4.22. The first kappa shape index (κ1) is 21.2. The van der Waals surface area contributed by atoms with E-state index in [0.29, 0.717) is 37.1 Å². The van der Waals surface area contributed by atoms with Crippen LogP contribution in [0.4, 0.5) is 10.1 Å². The Labute approximate surface area is 171 Å². The molecule has 1 saturated heterocycles. The van der Waals surface area contributed by atoms with Gasteiger partial charge in [0.15, 0.2) is 5.78 Å². The first-order valence-electron chi connectivity index (χ1n) is 9.94. The Hall–Kier alpha value is -2.47. The van der Waals surface area contributed by atoms with Crippen molar-refractivity contribution in [3.8, 4) is 5.75 Å². The maximum atomic E-state index is 14.8. The molecule has 0 radical (unpaired) electrons. The fourth-order valence-electron chi connectivity index (χ4n) is 4.56. The number of hydrogen-bond acceptors (Lipinski definition) is 4. The summed E-state index contributed by atoms with van der Waals surface area (Å²) in [6, 6.07) is 2.92. The fraction of sp³-hybridized carbons (Fsp3) is 0.478. The molecule has 1 heterocycles. The lowest BCUT2D eigenvalue weighted by molar-refractivity contribution is -0.123. The Bertz CT molecular complexity index is 863. The van der Waals surface area contributed by atoms with Crippen molar-refractivity contribution in [1.29, 1.82) is 0 Å². The monoisotopic (exact) mass is 401 g/mol. The number of nitrogens with one attached hydrogen (secondary N) is 1. The zero-order valence-corrected chi connectivity index (χ0v) is 17.2. The highest BCUT2D eigenvalue weighted by Gasteiger charge is 2.49. The molecular formula is C23H28FNO4. The highest BCUT2D eigenvalue weighted by atomic mass is 19.1. The number of ketones is 1. The summed E-state index contributed by atoms with van der Waals surface area (Å²) in [6.45, 7) is 7.75. The third-order valence-electron chi connectivity index (χ3n) is 6.00. The van der Waals surface area contributed by atoms with Crippen LogP contribution in [0.1, 0.15) is 38.7 Å². The third kappa shape index (κ3) is 4.13. The van der Waals surface area contributed by atoms with Crippen molar-refractivity contribution >= 4 is 17.4 Å². The molecule has 1 amide bonds. The molecule has 1 aromatic carbocycles. The number of benzene rings is 1. The normalized spacial score (nSPS) is 24.5. The van der Waals surface area contributed by atoms with Crippen molar-refractivity contribution in [3.63, 3.8) is 0 Å². The number of allylic oxidation sites excluding steroid dienone is 2. The summed E-state index contributed by atoms with van der Waals surface area (Å²) in [5.74, 6) is -0.458. The Morgan fingerprint density at radius 3 is 2.93 bits per heavy atom. The van der Waals surface area contributed by atoms with E-state index in [1.54, 1.807) is 18.2 Å². The Kier molecular flexibility index (Phi) is 6.22.